The molecular formula is C22H21ClF3N3O5. The van der Waals surface area contributed by atoms with Crippen molar-refractivity contribution >= 4 is 52.4 Å². The third-order valence-corrected chi connectivity index (χ3v) is 4.54. The Bertz CT molecular complexity index is 1060. The van der Waals surface area contributed by atoms with Crippen molar-refractivity contribution in [3.63, 3.8) is 0 Å². The van der Waals surface area contributed by atoms with Crippen LogP contribution in [0.3, 0.4) is 0 Å². The maximum absolute atomic E-state index is 12.8. The quantitative estimate of drug-likeness (QED) is 0.436. The fraction of sp³-hybridized carbons (Fsp3) is 0.273. The van der Waals surface area contributed by atoms with E-state index in [-0.39, 0.29) is 35.9 Å². The highest BCUT2D eigenvalue weighted by atomic mass is 35.5. The van der Waals surface area contributed by atoms with Gasteiger partial charge in [-0.1, -0.05) is 11.6 Å². The van der Waals surface area contributed by atoms with Crippen LogP contribution in [0.1, 0.15) is 31.7 Å². The molecule has 8 nitrogen and oxygen atoms in total. The second-order valence-corrected chi connectivity index (χ2v) is 7.47. The number of amides is 3. The van der Waals surface area contributed by atoms with Gasteiger partial charge in [0.2, 0.25) is 11.8 Å². The number of carbonyl (C=O) groups excluding carboxylic acids is 4. The lowest BCUT2D eigenvalue weighted by Crippen LogP contribution is -2.21. The first-order valence-corrected chi connectivity index (χ1v) is 10.3. The number of rotatable bonds is 9. The van der Waals surface area contributed by atoms with E-state index in [0.29, 0.717) is 11.4 Å². The average Bonchev–Trinajstić information content (AvgIpc) is 2.74. The largest absolute Gasteiger partial charge is 0.456 e. The van der Waals surface area contributed by atoms with E-state index in [1.54, 1.807) is 24.3 Å². The van der Waals surface area contributed by atoms with Gasteiger partial charge in [0.1, 0.15) is 0 Å². The van der Waals surface area contributed by atoms with E-state index in [1.807, 2.05) is 0 Å². The lowest BCUT2D eigenvalue weighted by Gasteiger charge is -2.11. The van der Waals surface area contributed by atoms with Crippen LogP contribution in [0, 0.1) is 0 Å². The zero-order valence-corrected chi connectivity index (χ0v) is 18.7. The Morgan fingerprint density at radius 1 is 0.882 bits per heavy atom. The minimum atomic E-state index is -4.59. The van der Waals surface area contributed by atoms with Gasteiger partial charge in [-0.2, -0.15) is 13.2 Å². The van der Waals surface area contributed by atoms with Crippen molar-refractivity contribution in [3.8, 4) is 0 Å². The summed E-state index contributed by atoms with van der Waals surface area (Å²) in [5.74, 6) is -2.17. The van der Waals surface area contributed by atoms with Crippen molar-refractivity contribution in [3.05, 3.63) is 53.1 Å². The molecule has 0 fully saturated rings. The molecule has 34 heavy (non-hydrogen) atoms. The molecule has 0 saturated heterocycles. The summed E-state index contributed by atoms with van der Waals surface area (Å²) in [7, 11) is 0. The van der Waals surface area contributed by atoms with E-state index in [2.05, 4.69) is 16.0 Å². The molecule has 0 aliphatic carbocycles. The molecule has 2 rings (SSSR count). The standard InChI is InChI=1S/C22H21ClF3N3O5/c1-13(30)27-15-6-8-16(9-7-15)28-20(32)12-34-21(33)4-2-3-19(31)29-18-11-14(22(24,25)26)5-10-17(18)23/h5-11H,2-4,12H2,1H3,(H,27,30)(H,28,32)(H,29,31). The number of benzene rings is 2. The van der Waals surface area contributed by atoms with Crippen molar-refractivity contribution in [1.29, 1.82) is 0 Å². The number of anilines is 3. The highest BCUT2D eigenvalue weighted by molar-refractivity contribution is 6.33. The summed E-state index contributed by atoms with van der Waals surface area (Å²) in [6, 6.07) is 8.83. The number of esters is 1. The number of ether oxygens (including phenoxy) is 1. The zero-order chi connectivity index (χ0) is 25.3. The van der Waals surface area contributed by atoms with E-state index in [0.717, 1.165) is 18.2 Å². The molecule has 0 radical (unpaired) electrons. The van der Waals surface area contributed by atoms with Crippen LogP contribution in [0.2, 0.25) is 5.02 Å². The molecule has 3 N–H and O–H groups in total. The summed E-state index contributed by atoms with van der Waals surface area (Å²) >= 11 is 5.82. The molecule has 12 heteroatoms. The summed E-state index contributed by atoms with van der Waals surface area (Å²) in [4.78, 5) is 46.6. The van der Waals surface area contributed by atoms with Gasteiger partial charge in [-0.05, 0) is 48.9 Å². The molecule has 0 atom stereocenters. The van der Waals surface area contributed by atoms with Gasteiger partial charge in [0.25, 0.3) is 5.91 Å². The Morgan fingerprint density at radius 3 is 2.09 bits per heavy atom. The van der Waals surface area contributed by atoms with Crippen LogP contribution in [0.25, 0.3) is 0 Å². The molecule has 0 aliphatic heterocycles. The summed E-state index contributed by atoms with van der Waals surface area (Å²) in [5, 5.41) is 7.31. The predicted molar refractivity (Wildman–Crippen MR) is 119 cm³/mol. The molecule has 0 spiro atoms. The summed E-state index contributed by atoms with van der Waals surface area (Å²) < 4.78 is 43.2. The van der Waals surface area contributed by atoms with Gasteiger partial charge in [-0.15, -0.1) is 0 Å². The molecule has 0 bridgehead atoms. The van der Waals surface area contributed by atoms with E-state index < -0.39 is 36.1 Å². The van der Waals surface area contributed by atoms with Crippen LogP contribution < -0.4 is 16.0 Å². The van der Waals surface area contributed by atoms with Crippen molar-refractivity contribution in [2.45, 2.75) is 32.4 Å². The summed E-state index contributed by atoms with van der Waals surface area (Å²) in [6.45, 7) is 0.820. The van der Waals surface area contributed by atoms with Crippen molar-refractivity contribution in [2.75, 3.05) is 22.6 Å². The van der Waals surface area contributed by atoms with Crippen LogP contribution in [0.5, 0.6) is 0 Å². The van der Waals surface area contributed by atoms with Gasteiger partial charge < -0.3 is 20.7 Å². The molecule has 3 amide bonds. The Morgan fingerprint density at radius 2 is 1.50 bits per heavy atom. The maximum Gasteiger partial charge on any atom is 0.416 e. The maximum atomic E-state index is 12.8. The minimum Gasteiger partial charge on any atom is -0.456 e. The molecule has 2 aromatic rings. The first-order valence-electron chi connectivity index (χ1n) is 9.94. The predicted octanol–water partition coefficient (Wildman–Crippen LogP) is 4.61. The van der Waals surface area contributed by atoms with E-state index >= 15 is 0 Å². The van der Waals surface area contributed by atoms with Gasteiger partial charge in [0, 0.05) is 31.1 Å². The highest BCUT2D eigenvalue weighted by Gasteiger charge is 2.31. The fourth-order valence-corrected chi connectivity index (χ4v) is 2.82. The summed E-state index contributed by atoms with van der Waals surface area (Å²) in [6.07, 6.45) is -4.89. The van der Waals surface area contributed by atoms with Gasteiger partial charge in [0.15, 0.2) is 6.61 Å². The minimum absolute atomic E-state index is 0.0491. The van der Waals surface area contributed by atoms with E-state index in [1.165, 1.54) is 6.92 Å². The fourth-order valence-electron chi connectivity index (χ4n) is 2.66. The Labute approximate surface area is 197 Å². The van der Waals surface area contributed by atoms with Gasteiger partial charge in [0.05, 0.1) is 16.3 Å². The van der Waals surface area contributed by atoms with Gasteiger partial charge in [-0.25, -0.2) is 0 Å². The Kier molecular flexibility index (Phi) is 9.43. The number of alkyl halides is 3. The highest BCUT2D eigenvalue weighted by Crippen LogP contribution is 2.33. The molecule has 182 valence electrons. The molecule has 2 aromatic carbocycles. The van der Waals surface area contributed by atoms with Crippen molar-refractivity contribution < 1.29 is 37.1 Å². The first kappa shape index (κ1) is 26.7. The van der Waals surface area contributed by atoms with Crippen molar-refractivity contribution in [2.24, 2.45) is 0 Å². The zero-order valence-electron chi connectivity index (χ0n) is 17.9. The van der Waals surface area contributed by atoms with Crippen LogP contribution in [0.15, 0.2) is 42.5 Å². The average molecular weight is 500 g/mol. The van der Waals surface area contributed by atoms with Crippen LogP contribution in [-0.4, -0.2) is 30.3 Å². The third-order valence-electron chi connectivity index (χ3n) is 4.21. The lowest BCUT2D eigenvalue weighted by atomic mass is 10.2. The normalized spacial score (nSPS) is 10.9. The second kappa shape index (κ2) is 12.0. The summed E-state index contributed by atoms with van der Waals surface area (Å²) in [5.41, 5.74) is -0.167. The van der Waals surface area contributed by atoms with E-state index in [9.17, 15) is 32.3 Å². The van der Waals surface area contributed by atoms with Crippen LogP contribution in [0.4, 0.5) is 30.2 Å². The van der Waals surface area contributed by atoms with Gasteiger partial charge in [-0.3, -0.25) is 19.2 Å². The number of halogens is 4. The van der Waals surface area contributed by atoms with Crippen molar-refractivity contribution in [1.82, 2.24) is 0 Å². The Hall–Kier alpha value is -3.60. The molecule has 0 aromatic heterocycles. The number of hydrogen-bond donors (Lipinski definition) is 3. The number of nitrogens with one attached hydrogen (secondary N) is 3. The monoisotopic (exact) mass is 499 g/mol. The first-order chi connectivity index (χ1) is 15.9. The topological polar surface area (TPSA) is 114 Å². The molecule has 0 aliphatic rings. The molecule has 0 saturated carbocycles. The lowest BCUT2D eigenvalue weighted by molar-refractivity contribution is -0.147. The smallest absolute Gasteiger partial charge is 0.416 e. The second-order valence-electron chi connectivity index (χ2n) is 7.06. The molecule has 0 unspecified atom stereocenters. The Balaban J connectivity index is 1.71. The number of hydrogen-bond acceptors (Lipinski definition) is 5. The molecular weight excluding hydrogens is 479 g/mol. The third kappa shape index (κ3) is 9.10. The van der Waals surface area contributed by atoms with Gasteiger partial charge >= 0.3 is 12.1 Å². The number of carbonyl (C=O) groups is 4. The van der Waals surface area contributed by atoms with E-state index in [4.69, 9.17) is 16.3 Å². The van der Waals surface area contributed by atoms with Crippen LogP contribution >= 0.6 is 11.6 Å². The van der Waals surface area contributed by atoms with Crippen LogP contribution in [-0.2, 0) is 30.1 Å². The molecule has 0 heterocycles. The SMILES string of the molecule is CC(=O)Nc1ccc(NC(=O)COC(=O)CCCC(=O)Nc2cc(C(F)(F)F)ccc2Cl)cc1.